The Kier molecular flexibility index (Phi) is 3.37. The molecule has 0 heterocycles. The smallest absolute Gasteiger partial charge is 0.416 e. The molecule has 1 N–H and O–H groups in total. The third-order valence-electron chi connectivity index (χ3n) is 2.01. The van der Waals surface area contributed by atoms with Crippen LogP contribution in [0, 0.1) is 0 Å². The lowest BCUT2D eigenvalue weighted by Gasteiger charge is -2.07. The molecular weight excluding hydrogens is 221 g/mol. The molecule has 0 spiro atoms. The van der Waals surface area contributed by atoms with Crippen molar-refractivity contribution >= 4 is 11.5 Å². The number of halogens is 3. The number of hydrogen-bond acceptors (Lipinski definition) is 1. The van der Waals surface area contributed by atoms with Crippen molar-refractivity contribution in [2.75, 3.05) is 0 Å². The molecule has 0 fully saturated rings. The molecule has 5 heteroatoms. The molecule has 0 aliphatic rings. The zero-order valence-corrected chi connectivity index (χ0v) is 8.38. The van der Waals surface area contributed by atoms with Gasteiger partial charge in [-0.25, -0.2) is 4.79 Å². The fourth-order valence-electron chi connectivity index (χ4n) is 1.19. The molecule has 0 amide bonds. The summed E-state index contributed by atoms with van der Waals surface area (Å²) in [5.74, 6) is -1.13. The Hall–Kier alpha value is -1.78. The van der Waals surface area contributed by atoms with Gasteiger partial charge in [-0.1, -0.05) is 12.1 Å². The molecule has 0 radical (unpaired) electrons. The zero-order valence-electron chi connectivity index (χ0n) is 8.38. The van der Waals surface area contributed by atoms with E-state index in [0.29, 0.717) is 11.1 Å². The quantitative estimate of drug-likeness (QED) is 0.792. The second kappa shape index (κ2) is 4.38. The van der Waals surface area contributed by atoms with Crippen LogP contribution in [0.25, 0.3) is 5.57 Å². The van der Waals surface area contributed by atoms with Crippen LogP contribution >= 0.6 is 0 Å². The number of carbonyl (C=O) groups is 1. The highest BCUT2D eigenvalue weighted by molar-refractivity contribution is 5.89. The molecule has 0 bridgehead atoms. The van der Waals surface area contributed by atoms with Gasteiger partial charge in [-0.15, -0.1) is 0 Å². The van der Waals surface area contributed by atoms with Crippen molar-refractivity contribution in [2.24, 2.45) is 0 Å². The molecular formula is C11H9F3O2. The van der Waals surface area contributed by atoms with Gasteiger partial charge in [0.15, 0.2) is 0 Å². The van der Waals surface area contributed by atoms with E-state index < -0.39 is 17.7 Å². The van der Waals surface area contributed by atoms with Crippen LogP contribution in [-0.2, 0) is 11.0 Å². The standard InChI is InChI=1S/C11H9F3O2/c1-7(6-10(15)16)8-2-4-9(5-3-8)11(12,13)14/h2-6H,1H3,(H,15,16). The van der Waals surface area contributed by atoms with E-state index >= 15 is 0 Å². The lowest BCUT2D eigenvalue weighted by Crippen LogP contribution is -2.04. The first kappa shape index (κ1) is 12.3. The molecule has 0 aromatic heterocycles. The summed E-state index contributed by atoms with van der Waals surface area (Å²) in [7, 11) is 0. The molecule has 16 heavy (non-hydrogen) atoms. The van der Waals surface area contributed by atoms with E-state index in [1.54, 1.807) is 0 Å². The fourth-order valence-corrected chi connectivity index (χ4v) is 1.19. The van der Waals surface area contributed by atoms with E-state index in [9.17, 15) is 18.0 Å². The van der Waals surface area contributed by atoms with E-state index in [-0.39, 0.29) is 0 Å². The third kappa shape index (κ3) is 3.12. The molecule has 0 saturated heterocycles. The summed E-state index contributed by atoms with van der Waals surface area (Å²) in [6.07, 6.45) is -3.43. The highest BCUT2D eigenvalue weighted by Crippen LogP contribution is 2.29. The highest BCUT2D eigenvalue weighted by Gasteiger charge is 2.29. The monoisotopic (exact) mass is 230 g/mol. The van der Waals surface area contributed by atoms with Crippen molar-refractivity contribution in [3.05, 3.63) is 41.5 Å². The first-order chi connectivity index (χ1) is 7.30. The van der Waals surface area contributed by atoms with E-state index in [2.05, 4.69) is 0 Å². The van der Waals surface area contributed by atoms with Gasteiger partial charge in [0, 0.05) is 6.08 Å². The van der Waals surface area contributed by atoms with E-state index in [1.165, 1.54) is 19.1 Å². The number of allylic oxidation sites excluding steroid dienone is 1. The summed E-state index contributed by atoms with van der Waals surface area (Å²) in [5, 5.41) is 8.47. The van der Waals surface area contributed by atoms with Crippen molar-refractivity contribution < 1.29 is 23.1 Å². The first-order valence-corrected chi connectivity index (χ1v) is 4.39. The lowest BCUT2D eigenvalue weighted by atomic mass is 10.1. The normalized spacial score (nSPS) is 12.6. The molecule has 1 aromatic rings. The van der Waals surface area contributed by atoms with Gasteiger partial charge in [0.1, 0.15) is 0 Å². The Morgan fingerprint density at radius 1 is 1.25 bits per heavy atom. The summed E-state index contributed by atoms with van der Waals surface area (Å²) in [6.45, 7) is 1.52. The SMILES string of the molecule is CC(=CC(=O)O)c1ccc(C(F)(F)F)cc1. The number of rotatable bonds is 2. The Labute approximate surface area is 90.0 Å². The van der Waals surface area contributed by atoms with E-state index in [4.69, 9.17) is 5.11 Å². The average Bonchev–Trinajstić information content (AvgIpc) is 2.15. The van der Waals surface area contributed by atoms with Crippen LogP contribution < -0.4 is 0 Å². The molecule has 0 atom stereocenters. The number of aliphatic carboxylic acids is 1. The average molecular weight is 230 g/mol. The van der Waals surface area contributed by atoms with E-state index in [0.717, 1.165) is 18.2 Å². The summed E-state index contributed by atoms with van der Waals surface area (Å²) in [5.41, 5.74) is 0.107. The third-order valence-corrected chi connectivity index (χ3v) is 2.01. The molecule has 1 rings (SSSR count). The highest BCUT2D eigenvalue weighted by atomic mass is 19.4. The summed E-state index contributed by atoms with van der Waals surface area (Å²) in [6, 6.07) is 4.35. The van der Waals surface area contributed by atoms with Crippen LogP contribution in [0.5, 0.6) is 0 Å². The van der Waals surface area contributed by atoms with Crippen LogP contribution in [0.2, 0.25) is 0 Å². The van der Waals surface area contributed by atoms with Gasteiger partial charge in [0.2, 0.25) is 0 Å². The minimum atomic E-state index is -4.37. The molecule has 2 nitrogen and oxygen atoms in total. The second-order valence-corrected chi connectivity index (χ2v) is 3.24. The van der Waals surface area contributed by atoms with Crippen molar-refractivity contribution in [3.63, 3.8) is 0 Å². The van der Waals surface area contributed by atoms with Crippen molar-refractivity contribution in [3.8, 4) is 0 Å². The van der Waals surface area contributed by atoms with Gasteiger partial charge in [0.05, 0.1) is 5.56 Å². The number of carboxylic acids is 1. The maximum absolute atomic E-state index is 12.2. The number of alkyl halides is 3. The maximum Gasteiger partial charge on any atom is 0.416 e. The van der Waals surface area contributed by atoms with Crippen LogP contribution in [0.3, 0.4) is 0 Å². The number of carboxylic acid groups (broad SMARTS) is 1. The second-order valence-electron chi connectivity index (χ2n) is 3.24. The van der Waals surface area contributed by atoms with Gasteiger partial charge in [-0.3, -0.25) is 0 Å². The molecule has 0 saturated carbocycles. The molecule has 0 aliphatic heterocycles. The van der Waals surface area contributed by atoms with Crippen LogP contribution in [0.15, 0.2) is 30.3 Å². The molecule has 1 aromatic carbocycles. The van der Waals surface area contributed by atoms with Crippen molar-refractivity contribution in [1.29, 1.82) is 0 Å². The number of benzene rings is 1. The minimum Gasteiger partial charge on any atom is -0.478 e. The van der Waals surface area contributed by atoms with E-state index in [1.807, 2.05) is 0 Å². The van der Waals surface area contributed by atoms with Crippen molar-refractivity contribution in [2.45, 2.75) is 13.1 Å². The molecule has 0 aliphatic carbocycles. The first-order valence-electron chi connectivity index (χ1n) is 4.39. The number of hydrogen-bond donors (Lipinski definition) is 1. The van der Waals surface area contributed by atoms with Gasteiger partial charge in [0.25, 0.3) is 0 Å². The van der Waals surface area contributed by atoms with Gasteiger partial charge >= 0.3 is 12.1 Å². The summed E-state index contributed by atoms with van der Waals surface area (Å²) >= 11 is 0. The predicted molar refractivity (Wildman–Crippen MR) is 52.7 cm³/mol. The minimum absolute atomic E-state index is 0.404. The molecule has 0 unspecified atom stereocenters. The Morgan fingerprint density at radius 2 is 1.75 bits per heavy atom. The lowest BCUT2D eigenvalue weighted by molar-refractivity contribution is -0.137. The Morgan fingerprint density at radius 3 is 2.12 bits per heavy atom. The summed E-state index contributed by atoms with van der Waals surface area (Å²) in [4.78, 5) is 10.4. The van der Waals surface area contributed by atoms with Crippen LogP contribution in [-0.4, -0.2) is 11.1 Å². The zero-order chi connectivity index (χ0) is 12.3. The Balaban J connectivity index is 3.00. The topological polar surface area (TPSA) is 37.3 Å². The molecule has 86 valence electrons. The predicted octanol–water partition coefficient (Wildman–Crippen LogP) is 3.19. The maximum atomic E-state index is 12.2. The van der Waals surface area contributed by atoms with Crippen LogP contribution in [0.1, 0.15) is 18.1 Å². The van der Waals surface area contributed by atoms with Crippen LogP contribution in [0.4, 0.5) is 13.2 Å². The van der Waals surface area contributed by atoms with Gasteiger partial charge in [-0.2, -0.15) is 13.2 Å². The summed E-state index contributed by atoms with van der Waals surface area (Å²) < 4.78 is 36.7. The van der Waals surface area contributed by atoms with Crippen molar-refractivity contribution in [1.82, 2.24) is 0 Å². The Bertz CT molecular complexity index is 416. The van der Waals surface area contributed by atoms with Gasteiger partial charge in [-0.05, 0) is 30.2 Å². The van der Waals surface area contributed by atoms with Gasteiger partial charge < -0.3 is 5.11 Å². The largest absolute Gasteiger partial charge is 0.478 e. The fraction of sp³-hybridized carbons (Fsp3) is 0.182.